The van der Waals surface area contributed by atoms with Crippen LogP contribution >= 0.6 is 0 Å². The molecule has 3 atom stereocenters. The van der Waals surface area contributed by atoms with Gasteiger partial charge in [0.1, 0.15) is 23.6 Å². The fourth-order valence-electron chi connectivity index (χ4n) is 2.87. The van der Waals surface area contributed by atoms with Crippen molar-refractivity contribution in [2.24, 2.45) is 11.7 Å². The predicted octanol–water partition coefficient (Wildman–Crippen LogP) is 2.83. The summed E-state index contributed by atoms with van der Waals surface area (Å²) in [7, 11) is 0. The predicted molar refractivity (Wildman–Crippen MR) is 103 cm³/mol. The van der Waals surface area contributed by atoms with E-state index >= 15 is 0 Å². The number of nitrogens with one attached hydrogen (secondary N) is 2. The summed E-state index contributed by atoms with van der Waals surface area (Å²) >= 11 is 0. The van der Waals surface area contributed by atoms with Crippen molar-refractivity contribution in [2.75, 3.05) is 10.6 Å². The Morgan fingerprint density at radius 2 is 2.04 bits per heavy atom. The molecule has 0 saturated heterocycles. The molecule has 2 aromatic rings. The van der Waals surface area contributed by atoms with Gasteiger partial charge >= 0.3 is 0 Å². The van der Waals surface area contributed by atoms with Crippen LogP contribution in [0.25, 0.3) is 11.2 Å². The van der Waals surface area contributed by atoms with Gasteiger partial charge in [-0.2, -0.15) is 4.98 Å². The molecule has 2 heterocycles. The summed E-state index contributed by atoms with van der Waals surface area (Å²) in [6, 6.07) is -0.769. The molecule has 0 radical (unpaired) electrons. The third-order valence-corrected chi connectivity index (χ3v) is 4.44. The lowest BCUT2D eigenvalue weighted by atomic mass is 9.97. The first-order valence-electron chi connectivity index (χ1n) is 8.98. The number of nitrogens with two attached hydrogens (primary N) is 1. The van der Waals surface area contributed by atoms with E-state index in [1.165, 1.54) is 22.9 Å². The topological polar surface area (TPSA) is 111 Å². The number of halogens is 2. The minimum absolute atomic E-state index is 0.0626. The Morgan fingerprint density at radius 3 is 2.68 bits per heavy atom. The fourth-order valence-corrected chi connectivity index (χ4v) is 2.87. The number of hydrogen-bond donors (Lipinski definition) is 3. The summed E-state index contributed by atoms with van der Waals surface area (Å²) in [6.07, 6.45) is 2.56. The van der Waals surface area contributed by atoms with Crippen LogP contribution in [0.15, 0.2) is 29.9 Å². The summed E-state index contributed by atoms with van der Waals surface area (Å²) in [6.45, 7) is 7.06. The van der Waals surface area contributed by atoms with Gasteiger partial charge < -0.3 is 16.4 Å². The van der Waals surface area contributed by atoms with Crippen LogP contribution in [0.1, 0.15) is 33.7 Å². The second-order valence-electron chi connectivity index (χ2n) is 7.09. The van der Waals surface area contributed by atoms with E-state index in [1.807, 2.05) is 13.8 Å². The molecule has 2 aromatic heterocycles. The van der Waals surface area contributed by atoms with Crippen molar-refractivity contribution in [1.82, 2.24) is 19.5 Å². The summed E-state index contributed by atoms with van der Waals surface area (Å²) in [5, 5.41) is 5.76. The number of imidazole rings is 1. The number of anilines is 2. The van der Waals surface area contributed by atoms with Crippen LogP contribution in [-0.2, 0) is 4.79 Å². The third-order valence-electron chi connectivity index (χ3n) is 4.44. The van der Waals surface area contributed by atoms with E-state index in [0.29, 0.717) is 17.1 Å². The van der Waals surface area contributed by atoms with E-state index in [-0.39, 0.29) is 17.7 Å². The number of carbonyl (C=O) groups excluding carboxylic acids is 1. The van der Waals surface area contributed by atoms with Crippen molar-refractivity contribution in [3.8, 4) is 0 Å². The molecule has 3 rings (SSSR count). The highest BCUT2D eigenvalue weighted by atomic mass is 19.1. The lowest BCUT2D eigenvalue weighted by Gasteiger charge is -2.23. The normalized spacial score (nSPS) is 20.7. The first-order chi connectivity index (χ1) is 13.2. The highest BCUT2D eigenvalue weighted by Crippen LogP contribution is 2.31. The summed E-state index contributed by atoms with van der Waals surface area (Å²) in [5.41, 5.74) is 5.90. The molecule has 10 heteroatoms. The Morgan fingerprint density at radius 1 is 1.32 bits per heavy atom. The largest absolute Gasteiger partial charge is 0.368 e. The monoisotopic (exact) mass is 391 g/mol. The van der Waals surface area contributed by atoms with E-state index in [1.54, 1.807) is 13.8 Å². The number of amides is 1. The molecular formula is C18H23F2N7O. The zero-order chi connectivity index (χ0) is 20.6. The zero-order valence-electron chi connectivity index (χ0n) is 16.1. The third kappa shape index (κ3) is 3.67. The van der Waals surface area contributed by atoms with Gasteiger partial charge in [0.25, 0.3) is 0 Å². The molecule has 4 N–H and O–H groups in total. The maximum Gasteiger partial charge on any atom is 0.240 e. The average molecular weight is 391 g/mol. The summed E-state index contributed by atoms with van der Waals surface area (Å²) in [5.74, 6) is -1.47. The fraction of sp³-hybridized carbons (Fsp3) is 0.444. The average Bonchev–Trinajstić information content (AvgIpc) is 2.98. The van der Waals surface area contributed by atoms with Crippen molar-refractivity contribution < 1.29 is 13.6 Å². The number of nitrogens with zero attached hydrogens (tertiary/aromatic N) is 4. The van der Waals surface area contributed by atoms with Crippen molar-refractivity contribution in [3.63, 3.8) is 0 Å². The van der Waals surface area contributed by atoms with Crippen molar-refractivity contribution in [2.45, 2.75) is 46.0 Å². The van der Waals surface area contributed by atoms with Gasteiger partial charge in [-0.05, 0) is 26.8 Å². The highest BCUT2D eigenvalue weighted by molar-refractivity contribution is 5.83. The SMILES string of the molecule is CC(C)Nc1ncc2nc(NC3=C(F)C=CC(C)C3F)n([C@@H](C)C(N)=O)c2n1. The molecule has 0 bridgehead atoms. The van der Waals surface area contributed by atoms with Crippen LogP contribution < -0.4 is 16.4 Å². The van der Waals surface area contributed by atoms with Gasteiger partial charge in [0.15, 0.2) is 5.65 Å². The number of allylic oxidation sites excluding steroid dienone is 4. The number of alkyl halides is 1. The van der Waals surface area contributed by atoms with Gasteiger partial charge in [-0.25, -0.2) is 18.7 Å². The van der Waals surface area contributed by atoms with Crippen LogP contribution in [0.2, 0.25) is 0 Å². The minimum Gasteiger partial charge on any atom is -0.368 e. The van der Waals surface area contributed by atoms with Crippen LogP contribution in [0.5, 0.6) is 0 Å². The maximum absolute atomic E-state index is 14.6. The lowest BCUT2D eigenvalue weighted by Crippen LogP contribution is -2.28. The van der Waals surface area contributed by atoms with Gasteiger partial charge in [-0.15, -0.1) is 0 Å². The first-order valence-corrected chi connectivity index (χ1v) is 8.98. The van der Waals surface area contributed by atoms with Crippen molar-refractivity contribution in [3.05, 3.63) is 29.9 Å². The van der Waals surface area contributed by atoms with E-state index in [0.717, 1.165) is 0 Å². The minimum atomic E-state index is -1.58. The van der Waals surface area contributed by atoms with E-state index in [9.17, 15) is 13.6 Å². The van der Waals surface area contributed by atoms with Gasteiger partial charge in [-0.3, -0.25) is 9.36 Å². The molecule has 28 heavy (non-hydrogen) atoms. The molecule has 0 aliphatic heterocycles. The number of fused-ring (bicyclic) bond motifs is 1. The standard InChI is InChI=1S/C18H23F2N7O/c1-8(2)23-17-22-7-12-16(26-17)27(10(4)15(21)28)18(24-12)25-14-11(19)6-5-9(3)13(14)20/h5-10,13H,1-4H3,(H2,21,28)(H,24,25)(H,22,23,26)/t9?,10-,13?/m0/s1. The molecule has 1 amide bonds. The molecule has 2 unspecified atom stereocenters. The molecule has 0 saturated carbocycles. The number of primary amides is 1. The van der Waals surface area contributed by atoms with Crippen LogP contribution in [-0.4, -0.2) is 37.6 Å². The van der Waals surface area contributed by atoms with Gasteiger partial charge in [0.05, 0.1) is 11.9 Å². The molecule has 8 nitrogen and oxygen atoms in total. The maximum atomic E-state index is 14.6. The zero-order valence-corrected chi connectivity index (χ0v) is 16.1. The van der Waals surface area contributed by atoms with Crippen LogP contribution in [0.4, 0.5) is 20.7 Å². The molecule has 0 fully saturated rings. The van der Waals surface area contributed by atoms with Crippen LogP contribution in [0.3, 0.4) is 0 Å². The summed E-state index contributed by atoms with van der Waals surface area (Å²) < 4.78 is 30.2. The Bertz CT molecular complexity index is 966. The first kappa shape index (κ1) is 19.7. The Labute approximate surface area is 160 Å². The van der Waals surface area contributed by atoms with E-state index in [4.69, 9.17) is 5.73 Å². The molecule has 150 valence electrons. The van der Waals surface area contributed by atoms with Crippen molar-refractivity contribution in [1.29, 1.82) is 0 Å². The number of carbonyl (C=O) groups is 1. The van der Waals surface area contributed by atoms with E-state index < -0.39 is 29.9 Å². The molecular weight excluding hydrogens is 368 g/mol. The van der Waals surface area contributed by atoms with Gasteiger partial charge in [0, 0.05) is 12.0 Å². The Hall–Kier alpha value is -3.04. The van der Waals surface area contributed by atoms with Crippen molar-refractivity contribution >= 4 is 29.0 Å². The van der Waals surface area contributed by atoms with Crippen LogP contribution in [0, 0.1) is 5.92 Å². The Kier molecular flexibility index (Phi) is 5.30. The van der Waals surface area contributed by atoms with Gasteiger partial charge in [-0.1, -0.05) is 13.0 Å². The number of aromatic nitrogens is 4. The molecule has 0 spiro atoms. The second kappa shape index (κ2) is 7.53. The molecule has 1 aliphatic rings. The van der Waals surface area contributed by atoms with Gasteiger partial charge in [0.2, 0.25) is 17.8 Å². The molecule has 0 aromatic carbocycles. The Balaban J connectivity index is 2.12. The summed E-state index contributed by atoms with van der Waals surface area (Å²) in [4.78, 5) is 24.7. The highest BCUT2D eigenvalue weighted by Gasteiger charge is 2.29. The second-order valence-corrected chi connectivity index (χ2v) is 7.09. The lowest BCUT2D eigenvalue weighted by molar-refractivity contribution is -0.120. The van der Waals surface area contributed by atoms with E-state index in [2.05, 4.69) is 25.6 Å². The number of rotatable bonds is 6. The molecule has 1 aliphatic carbocycles. The quantitative estimate of drug-likeness (QED) is 0.698. The number of hydrogen-bond acceptors (Lipinski definition) is 6. The smallest absolute Gasteiger partial charge is 0.240 e.